The van der Waals surface area contributed by atoms with Gasteiger partial charge in [0.2, 0.25) is 0 Å². The summed E-state index contributed by atoms with van der Waals surface area (Å²) in [7, 11) is 0. The normalized spacial score (nSPS) is 10.9. The molecule has 0 aliphatic rings. The Morgan fingerprint density at radius 3 is 2.05 bits per heavy atom. The van der Waals surface area contributed by atoms with E-state index < -0.39 is 10.8 Å². The molecule has 0 aliphatic heterocycles. The molecule has 0 atom stereocenters. The fourth-order valence-corrected chi connectivity index (χ4v) is 1.88. The van der Waals surface area contributed by atoms with Gasteiger partial charge >= 0.3 is 11.9 Å². The standard InChI is InChI=1S/C14H24Cl2O4/c1-3-6-11(7-4-2)20-14(18)9-5-8-13(17)19-10-12(15)16/h11-12H,3-10H2,1-2H3. The Morgan fingerprint density at radius 2 is 1.55 bits per heavy atom. The quantitative estimate of drug-likeness (QED) is 0.425. The first-order valence-corrected chi connectivity index (χ1v) is 8.00. The van der Waals surface area contributed by atoms with Gasteiger partial charge in [-0.1, -0.05) is 26.7 Å². The van der Waals surface area contributed by atoms with Crippen molar-refractivity contribution in [2.75, 3.05) is 6.61 Å². The van der Waals surface area contributed by atoms with Crippen molar-refractivity contribution in [3.05, 3.63) is 0 Å². The maximum atomic E-state index is 11.6. The van der Waals surface area contributed by atoms with Gasteiger partial charge in [-0.3, -0.25) is 9.59 Å². The van der Waals surface area contributed by atoms with Gasteiger partial charge in [-0.15, -0.1) is 23.2 Å². The predicted molar refractivity (Wildman–Crippen MR) is 80.0 cm³/mol. The third-order valence-electron chi connectivity index (χ3n) is 2.65. The smallest absolute Gasteiger partial charge is 0.306 e. The van der Waals surface area contributed by atoms with Crippen LogP contribution in [0.15, 0.2) is 0 Å². The molecule has 0 rings (SSSR count). The second-order valence-electron chi connectivity index (χ2n) is 4.62. The summed E-state index contributed by atoms with van der Waals surface area (Å²) >= 11 is 10.9. The van der Waals surface area contributed by atoms with E-state index in [4.69, 9.17) is 32.7 Å². The molecule has 118 valence electrons. The summed E-state index contributed by atoms with van der Waals surface area (Å²) in [6, 6.07) is 0. The maximum Gasteiger partial charge on any atom is 0.306 e. The van der Waals surface area contributed by atoms with Crippen molar-refractivity contribution in [1.29, 1.82) is 0 Å². The molecule has 0 aromatic heterocycles. The fourth-order valence-electron chi connectivity index (χ4n) is 1.76. The number of carbonyl (C=O) groups is 2. The number of halogens is 2. The fraction of sp³-hybridized carbons (Fsp3) is 0.857. The molecular weight excluding hydrogens is 303 g/mol. The minimum absolute atomic E-state index is 0.00212. The van der Waals surface area contributed by atoms with Crippen molar-refractivity contribution in [2.45, 2.75) is 69.7 Å². The molecule has 20 heavy (non-hydrogen) atoms. The van der Waals surface area contributed by atoms with Gasteiger partial charge in [-0.05, 0) is 19.3 Å². The van der Waals surface area contributed by atoms with Crippen LogP contribution in [-0.2, 0) is 19.1 Å². The average molecular weight is 327 g/mol. The van der Waals surface area contributed by atoms with E-state index in [-0.39, 0.29) is 31.5 Å². The molecule has 0 aromatic carbocycles. The molecule has 0 N–H and O–H groups in total. The molecule has 0 bridgehead atoms. The topological polar surface area (TPSA) is 52.6 Å². The predicted octanol–water partition coefficient (Wildman–Crippen LogP) is 4.02. The van der Waals surface area contributed by atoms with E-state index in [1.54, 1.807) is 0 Å². The molecule has 0 saturated heterocycles. The lowest BCUT2D eigenvalue weighted by Gasteiger charge is -2.16. The van der Waals surface area contributed by atoms with Crippen LogP contribution in [0.4, 0.5) is 0 Å². The molecule has 0 radical (unpaired) electrons. The van der Waals surface area contributed by atoms with Crippen molar-refractivity contribution >= 4 is 35.1 Å². The van der Waals surface area contributed by atoms with E-state index in [1.807, 2.05) is 0 Å². The summed E-state index contributed by atoms with van der Waals surface area (Å²) in [6.07, 6.45) is 4.55. The van der Waals surface area contributed by atoms with E-state index in [2.05, 4.69) is 13.8 Å². The van der Waals surface area contributed by atoms with Crippen LogP contribution in [0.25, 0.3) is 0 Å². The van der Waals surface area contributed by atoms with Crippen LogP contribution in [0.2, 0.25) is 0 Å². The van der Waals surface area contributed by atoms with Gasteiger partial charge in [0.1, 0.15) is 17.5 Å². The van der Waals surface area contributed by atoms with E-state index in [0.717, 1.165) is 25.7 Å². The van der Waals surface area contributed by atoms with Crippen LogP contribution in [0.1, 0.15) is 58.8 Å². The first-order valence-electron chi connectivity index (χ1n) is 7.12. The largest absolute Gasteiger partial charge is 0.463 e. The maximum absolute atomic E-state index is 11.6. The van der Waals surface area contributed by atoms with Crippen molar-refractivity contribution < 1.29 is 19.1 Å². The Labute approximate surface area is 131 Å². The van der Waals surface area contributed by atoms with Gasteiger partial charge in [0, 0.05) is 12.8 Å². The van der Waals surface area contributed by atoms with Crippen LogP contribution in [0, 0.1) is 0 Å². The minimum atomic E-state index is -0.715. The average Bonchev–Trinajstić information content (AvgIpc) is 2.37. The zero-order chi connectivity index (χ0) is 15.4. The zero-order valence-electron chi connectivity index (χ0n) is 12.2. The monoisotopic (exact) mass is 326 g/mol. The summed E-state index contributed by atoms with van der Waals surface area (Å²) in [5.41, 5.74) is 0. The van der Waals surface area contributed by atoms with Crippen LogP contribution < -0.4 is 0 Å². The van der Waals surface area contributed by atoms with Gasteiger partial charge in [-0.25, -0.2) is 0 Å². The number of esters is 2. The Kier molecular flexibility index (Phi) is 12.0. The second-order valence-corrected chi connectivity index (χ2v) is 5.89. The SMILES string of the molecule is CCCC(CCC)OC(=O)CCCC(=O)OCC(Cl)Cl. The van der Waals surface area contributed by atoms with Gasteiger partial charge in [0.05, 0.1) is 0 Å². The van der Waals surface area contributed by atoms with Crippen molar-refractivity contribution in [3.63, 3.8) is 0 Å². The van der Waals surface area contributed by atoms with Crippen LogP contribution >= 0.6 is 23.2 Å². The van der Waals surface area contributed by atoms with E-state index in [1.165, 1.54) is 0 Å². The van der Waals surface area contributed by atoms with Gasteiger partial charge in [-0.2, -0.15) is 0 Å². The molecular formula is C14H24Cl2O4. The molecule has 0 spiro atoms. The first kappa shape index (κ1) is 19.5. The Morgan fingerprint density at radius 1 is 1.00 bits per heavy atom. The zero-order valence-corrected chi connectivity index (χ0v) is 13.7. The van der Waals surface area contributed by atoms with Gasteiger partial charge in [0.25, 0.3) is 0 Å². The first-order chi connectivity index (χ1) is 9.49. The number of alkyl halides is 2. The molecule has 0 saturated carbocycles. The Balaban J connectivity index is 3.78. The molecule has 0 aliphatic carbocycles. The molecule has 4 nitrogen and oxygen atoms in total. The highest BCUT2D eigenvalue weighted by Gasteiger charge is 2.13. The summed E-state index contributed by atoms with van der Waals surface area (Å²) in [4.78, 5) is 22.2. The minimum Gasteiger partial charge on any atom is -0.463 e. The number of ether oxygens (including phenoxy) is 2. The number of carbonyl (C=O) groups excluding carboxylic acids is 2. The van der Waals surface area contributed by atoms with Crippen LogP contribution in [-0.4, -0.2) is 29.5 Å². The highest BCUT2D eigenvalue weighted by atomic mass is 35.5. The molecule has 0 fully saturated rings. The highest BCUT2D eigenvalue weighted by molar-refractivity contribution is 6.44. The van der Waals surface area contributed by atoms with E-state index >= 15 is 0 Å². The number of hydrogen-bond donors (Lipinski definition) is 0. The van der Waals surface area contributed by atoms with Crippen LogP contribution in [0.3, 0.4) is 0 Å². The van der Waals surface area contributed by atoms with Crippen molar-refractivity contribution in [3.8, 4) is 0 Å². The summed E-state index contributed by atoms with van der Waals surface area (Å²) in [5.74, 6) is -0.653. The lowest BCUT2D eigenvalue weighted by molar-refractivity contribution is -0.150. The third kappa shape index (κ3) is 11.4. The molecule has 0 amide bonds. The summed E-state index contributed by atoms with van der Waals surface area (Å²) < 4.78 is 10.2. The third-order valence-corrected chi connectivity index (χ3v) is 2.90. The molecule has 0 unspecified atom stereocenters. The number of hydrogen-bond acceptors (Lipinski definition) is 4. The Hall–Kier alpha value is -0.480. The molecule has 0 aromatic rings. The van der Waals surface area contributed by atoms with Gasteiger partial charge < -0.3 is 9.47 Å². The summed E-state index contributed by atoms with van der Waals surface area (Å²) in [6.45, 7) is 4.10. The summed E-state index contributed by atoms with van der Waals surface area (Å²) in [5, 5.41) is 0. The van der Waals surface area contributed by atoms with E-state index in [0.29, 0.717) is 6.42 Å². The van der Waals surface area contributed by atoms with Gasteiger partial charge in [0.15, 0.2) is 0 Å². The highest BCUT2D eigenvalue weighted by Crippen LogP contribution is 2.11. The molecule has 6 heteroatoms. The molecule has 0 heterocycles. The van der Waals surface area contributed by atoms with Crippen molar-refractivity contribution in [1.82, 2.24) is 0 Å². The van der Waals surface area contributed by atoms with Crippen LogP contribution in [0.5, 0.6) is 0 Å². The lowest BCUT2D eigenvalue weighted by atomic mass is 10.1. The van der Waals surface area contributed by atoms with Crippen molar-refractivity contribution in [2.24, 2.45) is 0 Å². The second kappa shape index (κ2) is 12.3. The number of rotatable bonds is 11. The Bertz CT molecular complexity index is 276. The van der Waals surface area contributed by atoms with E-state index in [9.17, 15) is 9.59 Å². The lowest BCUT2D eigenvalue weighted by Crippen LogP contribution is -2.18.